The van der Waals surface area contributed by atoms with Gasteiger partial charge in [-0.05, 0) is 45.7 Å². The van der Waals surface area contributed by atoms with Crippen molar-refractivity contribution < 1.29 is 18.3 Å². The maximum Gasteiger partial charge on any atom is 0.316 e. The number of aromatic nitrogens is 5. The largest absolute Gasteiger partial charge is 0.496 e. The van der Waals surface area contributed by atoms with Crippen LogP contribution in [0.4, 0.5) is 8.78 Å². The van der Waals surface area contributed by atoms with Crippen molar-refractivity contribution >= 4 is 5.65 Å². The minimum absolute atomic E-state index is 0.0210. The third-order valence-corrected chi connectivity index (χ3v) is 5.10. The smallest absolute Gasteiger partial charge is 0.316 e. The van der Waals surface area contributed by atoms with Gasteiger partial charge in [-0.25, -0.2) is 13.8 Å². The van der Waals surface area contributed by atoms with Crippen molar-refractivity contribution in [3.05, 3.63) is 65.4 Å². The Balaban J connectivity index is 1.66. The van der Waals surface area contributed by atoms with E-state index in [2.05, 4.69) is 20.2 Å². The molecule has 166 valence electrons. The van der Waals surface area contributed by atoms with E-state index >= 15 is 0 Å². The molecule has 3 aromatic heterocycles. The molecule has 0 aliphatic heterocycles. The van der Waals surface area contributed by atoms with Gasteiger partial charge < -0.3 is 9.47 Å². The maximum atomic E-state index is 14.3. The van der Waals surface area contributed by atoms with E-state index in [1.165, 1.54) is 13.2 Å². The van der Waals surface area contributed by atoms with Gasteiger partial charge in [-0.1, -0.05) is 0 Å². The fourth-order valence-electron chi connectivity index (χ4n) is 3.61. The molecule has 0 unspecified atom stereocenters. The fourth-order valence-corrected chi connectivity index (χ4v) is 3.61. The molecular weight excluding hydrogens is 416 g/mol. The van der Waals surface area contributed by atoms with Crippen LogP contribution < -0.4 is 9.47 Å². The van der Waals surface area contributed by atoms with Crippen molar-refractivity contribution in [2.45, 2.75) is 39.7 Å². The molecule has 4 aromatic rings. The predicted octanol–water partition coefficient (Wildman–Crippen LogP) is 4.35. The van der Waals surface area contributed by atoms with Crippen molar-refractivity contribution in [2.75, 3.05) is 7.11 Å². The van der Waals surface area contributed by atoms with Crippen LogP contribution in [0.5, 0.6) is 11.8 Å². The summed E-state index contributed by atoms with van der Waals surface area (Å²) in [5, 5.41) is 8.31. The summed E-state index contributed by atoms with van der Waals surface area (Å²) in [6.07, 6.45) is 4.10. The molecule has 0 aliphatic carbocycles. The van der Waals surface area contributed by atoms with E-state index in [1.807, 2.05) is 37.3 Å². The number of ether oxygens (including phenoxy) is 2. The van der Waals surface area contributed by atoms with Gasteiger partial charge in [0, 0.05) is 40.7 Å². The van der Waals surface area contributed by atoms with Crippen LogP contribution >= 0.6 is 0 Å². The van der Waals surface area contributed by atoms with Crippen molar-refractivity contribution in [2.24, 2.45) is 0 Å². The molecule has 0 fully saturated rings. The first-order valence-electron chi connectivity index (χ1n) is 10.2. The van der Waals surface area contributed by atoms with Crippen LogP contribution in [-0.4, -0.2) is 37.8 Å². The highest BCUT2D eigenvalue weighted by Gasteiger charge is 2.16. The molecule has 0 aliphatic rings. The van der Waals surface area contributed by atoms with E-state index in [4.69, 9.17) is 9.47 Å². The van der Waals surface area contributed by atoms with E-state index in [0.29, 0.717) is 30.1 Å². The topological polar surface area (TPSA) is 74.4 Å². The Hall–Kier alpha value is -3.62. The second kappa shape index (κ2) is 8.86. The average Bonchev–Trinajstić information content (AvgIpc) is 3.23. The van der Waals surface area contributed by atoms with Gasteiger partial charge in [-0.15, -0.1) is 10.2 Å². The minimum Gasteiger partial charge on any atom is -0.496 e. The Bertz CT molecular complexity index is 1270. The lowest BCUT2D eigenvalue weighted by atomic mass is 10.0. The molecule has 32 heavy (non-hydrogen) atoms. The minimum atomic E-state index is -0.670. The molecule has 0 N–H and O–H groups in total. The highest BCUT2D eigenvalue weighted by molar-refractivity contribution is 5.78. The fraction of sp³-hybridized carbons (Fsp3) is 0.304. The molecule has 4 rings (SSSR count). The summed E-state index contributed by atoms with van der Waals surface area (Å²) in [4.78, 5) is 8.74. The van der Waals surface area contributed by atoms with Gasteiger partial charge in [0.25, 0.3) is 0 Å². The Kier molecular flexibility index (Phi) is 5.98. The zero-order valence-corrected chi connectivity index (χ0v) is 18.3. The number of hydrogen-bond donors (Lipinski definition) is 0. The number of hydrogen-bond acceptors (Lipinski definition) is 6. The van der Waals surface area contributed by atoms with E-state index in [-0.39, 0.29) is 11.9 Å². The summed E-state index contributed by atoms with van der Waals surface area (Å²) in [5.74, 6) is -1.11. The van der Waals surface area contributed by atoms with Crippen LogP contribution in [0.1, 0.15) is 30.8 Å². The van der Waals surface area contributed by atoms with Gasteiger partial charge in [0.1, 0.15) is 23.7 Å². The Morgan fingerprint density at radius 3 is 2.62 bits per heavy atom. The quantitative estimate of drug-likeness (QED) is 0.426. The summed E-state index contributed by atoms with van der Waals surface area (Å²) in [6, 6.07) is 6.23. The van der Waals surface area contributed by atoms with Crippen molar-refractivity contribution in [1.82, 2.24) is 24.6 Å². The first-order chi connectivity index (χ1) is 15.4. The van der Waals surface area contributed by atoms with Gasteiger partial charge in [0.2, 0.25) is 0 Å². The molecule has 0 saturated carbocycles. The highest BCUT2D eigenvalue weighted by atomic mass is 19.1. The van der Waals surface area contributed by atoms with Crippen molar-refractivity contribution in [3.8, 4) is 22.9 Å². The molecule has 3 heterocycles. The zero-order chi connectivity index (χ0) is 22.8. The molecule has 0 saturated heterocycles. The Morgan fingerprint density at radius 2 is 1.91 bits per heavy atom. The van der Waals surface area contributed by atoms with Gasteiger partial charge in [-0.2, -0.15) is 4.98 Å². The molecular formula is C23H23F2N5O2. The summed E-state index contributed by atoms with van der Waals surface area (Å²) in [5.41, 5.74) is 4.23. The SMILES string of the molecule is COc1cc(F)cc(F)c1CCc1ccc(-c2cnc(OC(C)C)nc2C)c2nncn12. The third kappa shape index (κ3) is 4.23. The van der Waals surface area contributed by atoms with Crippen LogP contribution in [0.3, 0.4) is 0 Å². The first kappa shape index (κ1) is 21.6. The molecule has 0 bridgehead atoms. The lowest BCUT2D eigenvalue weighted by Crippen LogP contribution is -2.09. The number of pyridine rings is 1. The maximum absolute atomic E-state index is 14.3. The second-order valence-electron chi connectivity index (χ2n) is 7.65. The monoisotopic (exact) mass is 439 g/mol. The van der Waals surface area contributed by atoms with Gasteiger partial charge >= 0.3 is 6.01 Å². The average molecular weight is 439 g/mol. The molecule has 7 nitrogen and oxygen atoms in total. The Labute approximate surface area is 184 Å². The van der Waals surface area contributed by atoms with Crippen LogP contribution in [-0.2, 0) is 12.8 Å². The number of nitrogens with zero attached hydrogens (tertiary/aromatic N) is 5. The van der Waals surface area contributed by atoms with Crippen LogP contribution in [0.15, 0.2) is 36.8 Å². The summed E-state index contributed by atoms with van der Waals surface area (Å²) in [7, 11) is 1.40. The highest BCUT2D eigenvalue weighted by Crippen LogP contribution is 2.29. The van der Waals surface area contributed by atoms with Gasteiger partial charge in [0.15, 0.2) is 5.65 Å². The lowest BCUT2D eigenvalue weighted by Gasteiger charge is -2.13. The van der Waals surface area contributed by atoms with Crippen molar-refractivity contribution in [3.63, 3.8) is 0 Å². The van der Waals surface area contributed by atoms with Gasteiger partial charge in [-0.3, -0.25) is 4.40 Å². The number of methoxy groups -OCH3 is 1. The molecule has 0 amide bonds. The Morgan fingerprint density at radius 1 is 1.09 bits per heavy atom. The second-order valence-corrected chi connectivity index (χ2v) is 7.65. The van der Waals surface area contributed by atoms with E-state index < -0.39 is 11.6 Å². The summed E-state index contributed by atoms with van der Waals surface area (Å²) in [6.45, 7) is 5.71. The third-order valence-electron chi connectivity index (χ3n) is 5.10. The number of halogens is 2. The predicted molar refractivity (Wildman–Crippen MR) is 115 cm³/mol. The molecule has 0 radical (unpaired) electrons. The number of fused-ring (bicyclic) bond motifs is 1. The number of rotatable bonds is 7. The van der Waals surface area contributed by atoms with Crippen LogP contribution in [0, 0.1) is 18.6 Å². The summed E-state index contributed by atoms with van der Waals surface area (Å²) >= 11 is 0. The first-order valence-corrected chi connectivity index (χ1v) is 10.2. The van der Waals surface area contributed by atoms with E-state index in [0.717, 1.165) is 28.6 Å². The molecule has 0 spiro atoms. The van der Waals surface area contributed by atoms with Crippen LogP contribution in [0.25, 0.3) is 16.8 Å². The molecule has 0 atom stereocenters. The number of aryl methyl sites for hydroxylation is 2. The van der Waals surface area contributed by atoms with E-state index in [1.54, 1.807) is 12.5 Å². The summed E-state index contributed by atoms with van der Waals surface area (Å²) < 4.78 is 40.4. The lowest BCUT2D eigenvalue weighted by molar-refractivity contribution is 0.221. The van der Waals surface area contributed by atoms with Crippen LogP contribution in [0.2, 0.25) is 0 Å². The van der Waals surface area contributed by atoms with Crippen molar-refractivity contribution in [1.29, 1.82) is 0 Å². The number of benzene rings is 1. The standard InChI is InChI=1S/C23H23F2N5O2/c1-13(2)32-23-26-11-19(14(3)28-23)17-7-5-16(30-12-27-29-22(17)30)6-8-18-20(25)9-15(24)10-21(18)31-4/h5,7,9-13H,6,8H2,1-4H3. The van der Waals surface area contributed by atoms with E-state index in [9.17, 15) is 8.78 Å². The normalized spacial score (nSPS) is 11.3. The van der Waals surface area contributed by atoms with Gasteiger partial charge in [0.05, 0.1) is 18.9 Å². The molecule has 1 aromatic carbocycles. The molecule has 9 heteroatoms. The zero-order valence-electron chi connectivity index (χ0n) is 18.3.